The van der Waals surface area contributed by atoms with Crippen molar-refractivity contribution in [1.29, 1.82) is 0 Å². The second kappa shape index (κ2) is 7.05. The van der Waals surface area contributed by atoms with Crippen LogP contribution in [0, 0.1) is 0 Å². The van der Waals surface area contributed by atoms with Gasteiger partial charge in [-0.05, 0) is 23.5 Å². The molecule has 1 aromatic carbocycles. The molecular formula is C20H24N4O. The van der Waals surface area contributed by atoms with E-state index in [-0.39, 0.29) is 17.9 Å². The summed E-state index contributed by atoms with van der Waals surface area (Å²) >= 11 is 0. The number of hydrogen-bond acceptors (Lipinski definition) is 3. The molecule has 0 N–H and O–H groups in total. The van der Waals surface area contributed by atoms with E-state index in [0.717, 1.165) is 17.0 Å². The van der Waals surface area contributed by atoms with E-state index < -0.39 is 0 Å². The van der Waals surface area contributed by atoms with E-state index in [9.17, 15) is 4.79 Å². The fraction of sp³-hybridized carbons (Fsp3) is 0.350. The van der Waals surface area contributed by atoms with Gasteiger partial charge in [-0.3, -0.25) is 0 Å². The van der Waals surface area contributed by atoms with Gasteiger partial charge in [0.25, 0.3) is 0 Å². The lowest BCUT2D eigenvalue weighted by Crippen LogP contribution is -2.23. The molecule has 0 aliphatic carbocycles. The average Bonchev–Trinajstić information content (AvgIpc) is 3.23. The Balaban J connectivity index is 2.15. The van der Waals surface area contributed by atoms with Crippen LogP contribution < -0.4 is 0 Å². The molecule has 5 heteroatoms. The lowest BCUT2D eigenvalue weighted by Gasteiger charge is -2.12. The van der Waals surface area contributed by atoms with Crippen molar-refractivity contribution in [2.75, 3.05) is 0 Å². The topological polar surface area (TPSA) is 52.7 Å². The van der Waals surface area contributed by atoms with Crippen LogP contribution in [0.25, 0.3) is 0 Å². The minimum Gasteiger partial charge on any atom is -0.244 e. The fourth-order valence-corrected chi connectivity index (χ4v) is 3.14. The minimum absolute atomic E-state index is 0.246. The molecule has 2 aromatic heterocycles. The van der Waals surface area contributed by atoms with Crippen molar-refractivity contribution in [3.05, 3.63) is 71.3 Å². The SMILES string of the molecule is CC(C)c1nn(C(=O)n2cccn2)c(Cc2ccccc2)c1C(C)C. The average molecular weight is 336 g/mol. The highest BCUT2D eigenvalue weighted by Crippen LogP contribution is 2.30. The van der Waals surface area contributed by atoms with Crippen molar-refractivity contribution in [2.24, 2.45) is 0 Å². The van der Waals surface area contributed by atoms with E-state index in [4.69, 9.17) is 0 Å². The summed E-state index contributed by atoms with van der Waals surface area (Å²) in [5.41, 5.74) is 4.26. The summed E-state index contributed by atoms with van der Waals surface area (Å²) in [4.78, 5) is 12.9. The molecule has 0 aliphatic rings. The quantitative estimate of drug-likeness (QED) is 0.708. The number of carbonyl (C=O) groups excluding carboxylic acids is 1. The van der Waals surface area contributed by atoms with Crippen LogP contribution in [-0.2, 0) is 6.42 Å². The molecule has 0 amide bonds. The van der Waals surface area contributed by atoms with Crippen LogP contribution in [0.15, 0.2) is 48.8 Å². The minimum atomic E-state index is -0.246. The molecule has 0 aliphatic heterocycles. The van der Waals surface area contributed by atoms with Crippen molar-refractivity contribution in [2.45, 2.75) is 46.0 Å². The highest BCUT2D eigenvalue weighted by Gasteiger charge is 2.26. The summed E-state index contributed by atoms with van der Waals surface area (Å²) in [5.74, 6) is 0.536. The number of aromatic nitrogens is 4. The normalized spacial score (nSPS) is 11.4. The predicted molar refractivity (Wildman–Crippen MR) is 98.1 cm³/mol. The van der Waals surface area contributed by atoms with Crippen molar-refractivity contribution in [3.8, 4) is 0 Å². The van der Waals surface area contributed by atoms with Gasteiger partial charge in [-0.1, -0.05) is 58.0 Å². The van der Waals surface area contributed by atoms with Gasteiger partial charge >= 0.3 is 6.03 Å². The van der Waals surface area contributed by atoms with Crippen LogP contribution in [0.1, 0.15) is 62.0 Å². The zero-order valence-electron chi connectivity index (χ0n) is 15.2. The Kier molecular flexibility index (Phi) is 4.83. The number of carbonyl (C=O) groups is 1. The standard InChI is InChI=1S/C20H24N4O/c1-14(2)18-17(13-16-9-6-5-7-10-16)24(22-19(18)15(3)4)20(25)23-12-8-11-21-23/h5-12,14-15H,13H2,1-4H3. The van der Waals surface area contributed by atoms with Crippen LogP contribution in [0.5, 0.6) is 0 Å². The van der Waals surface area contributed by atoms with Gasteiger partial charge in [0, 0.05) is 24.4 Å². The molecule has 3 rings (SSSR count). The Morgan fingerprint density at radius 1 is 1.04 bits per heavy atom. The molecule has 2 heterocycles. The molecule has 5 nitrogen and oxygen atoms in total. The maximum atomic E-state index is 12.9. The largest absolute Gasteiger partial charge is 0.369 e. The Morgan fingerprint density at radius 2 is 1.76 bits per heavy atom. The van der Waals surface area contributed by atoms with Crippen LogP contribution in [0.2, 0.25) is 0 Å². The molecule has 25 heavy (non-hydrogen) atoms. The van der Waals surface area contributed by atoms with Gasteiger partial charge in [0.05, 0.1) is 11.4 Å². The van der Waals surface area contributed by atoms with Crippen molar-refractivity contribution in [1.82, 2.24) is 19.6 Å². The monoisotopic (exact) mass is 336 g/mol. The molecule has 130 valence electrons. The third-order valence-corrected chi connectivity index (χ3v) is 4.27. The predicted octanol–water partition coefficient (Wildman–Crippen LogP) is 4.43. The highest BCUT2D eigenvalue weighted by atomic mass is 16.2. The van der Waals surface area contributed by atoms with Gasteiger partial charge in [-0.2, -0.15) is 19.6 Å². The summed E-state index contributed by atoms with van der Waals surface area (Å²) < 4.78 is 2.86. The van der Waals surface area contributed by atoms with E-state index in [1.165, 1.54) is 14.9 Å². The maximum absolute atomic E-state index is 12.9. The Morgan fingerprint density at radius 3 is 2.32 bits per heavy atom. The van der Waals surface area contributed by atoms with Crippen LogP contribution >= 0.6 is 0 Å². The number of benzene rings is 1. The molecule has 0 spiro atoms. The summed E-state index contributed by atoms with van der Waals surface area (Å²) in [7, 11) is 0. The molecule has 0 atom stereocenters. The van der Waals surface area contributed by atoms with Crippen molar-refractivity contribution < 1.29 is 4.79 Å². The second-order valence-corrected chi connectivity index (χ2v) is 6.86. The molecular weight excluding hydrogens is 312 g/mol. The van der Waals surface area contributed by atoms with Gasteiger partial charge in [0.15, 0.2) is 0 Å². The Labute approximate surface area is 148 Å². The van der Waals surface area contributed by atoms with Crippen molar-refractivity contribution >= 4 is 6.03 Å². The fourth-order valence-electron chi connectivity index (χ4n) is 3.14. The second-order valence-electron chi connectivity index (χ2n) is 6.86. The lowest BCUT2D eigenvalue weighted by molar-refractivity contribution is 0.237. The first-order valence-corrected chi connectivity index (χ1v) is 8.69. The highest BCUT2D eigenvalue weighted by molar-refractivity contribution is 5.78. The first-order valence-electron chi connectivity index (χ1n) is 8.69. The third-order valence-electron chi connectivity index (χ3n) is 4.27. The van der Waals surface area contributed by atoms with E-state index in [0.29, 0.717) is 6.42 Å². The zero-order chi connectivity index (χ0) is 18.0. The summed E-state index contributed by atoms with van der Waals surface area (Å²) in [6.45, 7) is 8.53. The summed E-state index contributed by atoms with van der Waals surface area (Å²) in [5, 5.41) is 8.76. The molecule has 3 aromatic rings. The number of nitrogens with zero attached hydrogens (tertiary/aromatic N) is 4. The number of rotatable bonds is 4. The van der Waals surface area contributed by atoms with Gasteiger partial charge in [0.1, 0.15) is 0 Å². The van der Waals surface area contributed by atoms with Crippen molar-refractivity contribution in [3.63, 3.8) is 0 Å². The summed E-state index contributed by atoms with van der Waals surface area (Å²) in [6.07, 6.45) is 3.92. The lowest BCUT2D eigenvalue weighted by atomic mass is 9.93. The van der Waals surface area contributed by atoms with Gasteiger partial charge in [-0.15, -0.1) is 0 Å². The zero-order valence-corrected chi connectivity index (χ0v) is 15.2. The molecule has 0 bridgehead atoms. The molecule has 0 unspecified atom stereocenters. The van der Waals surface area contributed by atoms with E-state index in [1.807, 2.05) is 18.2 Å². The maximum Gasteiger partial charge on any atom is 0.369 e. The Hall–Kier alpha value is -2.69. The number of hydrogen-bond donors (Lipinski definition) is 0. The van der Waals surface area contributed by atoms with Crippen LogP contribution in [0.3, 0.4) is 0 Å². The van der Waals surface area contributed by atoms with E-state index in [2.05, 4.69) is 50.0 Å². The van der Waals surface area contributed by atoms with Crippen LogP contribution in [0.4, 0.5) is 4.79 Å². The smallest absolute Gasteiger partial charge is 0.244 e. The molecule has 0 saturated heterocycles. The Bertz CT molecular complexity index is 845. The van der Waals surface area contributed by atoms with Crippen LogP contribution in [-0.4, -0.2) is 25.6 Å². The first-order chi connectivity index (χ1) is 12.0. The third kappa shape index (κ3) is 3.40. The van der Waals surface area contributed by atoms with E-state index in [1.54, 1.807) is 18.5 Å². The molecule has 0 radical (unpaired) electrons. The van der Waals surface area contributed by atoms with Gasteiger partial charge < -0.3 is 0 Å². The molecule has 0 fully saturated rings. The van der Waals surface area contributed by atoms with Gasteiger partial charge in [0.2, 0.25) is 0 Å². The summed E-state index contributed by atoms with van der Waals surface area (Å²) in [6, 6.07) is 11.7. The van der Waals surface area contributed by atoms with Gasteiger partial charge in [-0.25, -0.2) is 4.79 Å². The first kappa shape index (κ1) is 17.1. The molecule has 0 saturated carbocycles. The van der Waals surface area contributed by atoms with E-state index >= 15 is 0 Å².